The van der Waals surface area contributed by atoms with Crippen LogP contribution in [0.2, 0.25) is 0 Å². The van der Waals surface area contributed by atoms with Gasteiger partial charge in [-0.3, -0.25) is 14.4 Å². The van der Waals surface area contributed by atoms with Crippen molar-refractivity contribution >= 4 is 27.7 Å². The van der Waals surface area contributed by atoms with Gasteiger partial charge >= 0.3 is 0 Å². The Hall–Kier alpha value is -3.54. The monoisotopic (exact) mass is 464 g/mol. The van der Waals surface area contributed by atoms with Crippen molar-refractivity contribution in [2.45, 2.75) is 11.0 Å². The van der Waals surface area contributed by atoms with Gasteiger partial charge in [0.25, 0.3) is 5.91 Å². The Morgan fingerprint density at radius 2 is 1.81 bits per heavy atom. The number of carbonyl (C=O) groups excluding carboxylic acids is 2. The van der Waals surface area contributed by atoms with Crippen molar-refractivity contribution in [2.24, 2.45) is 0 Å². The fourth-order valence-electron chi connectivity index (χ4n) is 2.58. The van der Waals surface area contributed by atoms with E-state index < -0.39 is 33.5 Å². The van der Waals surface area contributed by atoms with Crippen molar-refractivity contribution in [2.75, 3.05) is 13.4 Å². The van der Waals surface area contributed by atoms with Gasteiger partial charge in [-0.1, -0.05) is 18.2 Å². The highest BCUT2D eigenvalue weighted by atomic mass is 32.2. The fourth-order valence-corrected chi connectivity index (χ4v) is 3.21. The van der Waals surface area contributed by atoms with Crippen LogP contribution in [0, 0.1) is 0 Å². The number of aliphatic hydroxyl groups excluding tert-OH is 1. The van der Waals surface area contributed by atoms with Crippen LogP contribution >= 0.6 is 0 Å². The molecule has 2 aromatic carbocycles. The second kappa shape index (κ2) is 10.7. The molecule has 2 rings (SSSR count). The van der Waals surface area contributed by atoms with Gasteiger partial charge in [-0.15, -0.1) is 0 Å². The summed E-state index contributed by atoms with van der Waals surface area (Å²) in [5.41, 5.74) is 2.10. The Kier molecular flexibility index (Phi) is 8.24. The van der Waals surface area contributed by atoms with Gasteiger partial charge in [-0.25, -0.2) is 18.3 Å². The van der Waals surface area contributed by atoms with E-state index in [0.717, 1.165) is 12.3 Å². The third-order valence-electron chi connectivity index (χ3n) is 4.19. The summed E-state index contributed by atoms with van der Waals surface area (Å²) in [6.07, 6.45) is 1.84. The molecule has 0 radical (unpaired) electrons. The van der Waals surface area contributed by atoms with E-state index >= 15 is 0 Å². The predicted octanol–water partition coefficient (Wildman–Crippen LogP) is 1.76. The number of hydroxylamine groups is 1. The molecule has 0 bridgehead atoms. The number of carbonyl (C=O) groups is 2. The minimum absolute atomic E-state index is 0.0237. The van der Waals surface area contributed by atoms with Crippen molar-refractivity contribution in [1.29, 1.82) is 0 Å². The van der Waals surface area contributed by atoms with E-state index in [1.54, 1.807) is 0 Å². The summed E-state index contributed by atoms with van der Waals surface area (Å²) in [6.45, 7) is 0. The van der Waals surface area contributed by atoms with Crippen molar-refractivity contribution in [3.63, 3.8) is 0 Å². The number of halogens is 1. The first-order valence-corrected chi connectivity index (χ1v) is 10.9. The third-order valence-corrected chi connectivity index (χ3v) is 5.32. The smallest absolute Gasteiger partial charge is 0.278 e. The van der Waals surface area contributed by atoms with Gasteiger partial charge in [0.15, 0.2) is 9.84 Å². The van der Waals surface area contributed by atoms with Gasteiger partial charge in [0.05, 0.1) is 23.3 Å². The Morgan fingerprint density at radius 3 is 2.34 bits per heavy atom. The molecule has 2 amide bonds. The minimum atomic E-state index is -3.43. The number of aromatic hydroxyl groups is 1. The molecule has 0 saturated heterocycles. The van der Waals surface area contributed by atoms with Crippen molar-refractivity contribution in [3.8, 4) is 5.75 Å². The molecular formula is C21H21FN2O7S. The number of amides is 2. The van der Waals surface area contributed by atoms with Crippen LogP contribution in [0.5, 0.6) is 5.75 Å². The fraction of sp³-hybridized carbons (Fsp3) is 0.143. The molecule has 0 unspecified atom stereocenters. The molecule has 11 heteroatoms. The number of phenols is 1. The first-order chi connectivity index (χ1) is 15.1. The van der Waals surface area contributed by atoms with Crippen LogP contribution in [0.1, 0.15) is 27.6 Å². The Labute approximate surface area is 183 Å². The van der Waals surface area contributed by atoms with Crippen molar-refractivity contribution < 1.29 is 37.4 Å². The molecule has 0 heterocycles. The van der Waals surface area contributed by atoms with Crippen LogP contribution < -0.4 is 10.8 Å². The van der Waals surface area contributed by atoms with E-state index in [1.165, 1.54) is 55.7 Å². The third kappa shape index (κ3) is 6.48. The van der Waals surface area contributed by atoms with Gasteiger partial charge < -0.3 is 15.5 Å². The number of hydrogen-bond acceptors (Lipinski definition) is 7. The number of phenolic OH excluding ortho intramolecular Hbond substituents is 1. The number of hydrogen-bond donors (Lipinski definition) is 4. The normalized spacial score (nSPS) is 13.1. The number of nitrogens with one attached hydrogen (secondary N) is 2. The standard InChI is InChI=1S/C21H21FN2O7S/c1-31-24-21(28)16-9-3-13(11-18(16)25)4-10-19(26)23-17(12-22)20(27)14-5-7-15(8-6-14)32(2,29)30/h3-12,20,25,27H,1-2H3,(H,23,26)(H,24,28)/b10-4+,17-12+/t20-/m1/s1. The van der Waals surface area contributed by atoms with E-state index in [4.69, 9.17) is 0 Å². The molecule has 0 aliphatic carbocycles. The SMILES string of the molecule is CONC(=O)c1ccc(/C=C/C(=O)N/C(=C/F)[C@H](O)c2ccc(S(C)(=O)=O)cc2)cc1O. The molecule has 170 valence electrons. The van der Waals surface area contributed by atoms with E-state index in [9.17, 15) is 32.6 Å². The molecule has 32 heavy (non-hydrogen) atoms. The summed E-state index contributed by atoms with van der Waals surface area (Å²) in [5.74, 6) is -1.78. The zero-order chi connectivity index (χ0) is 23.9. The Bertz CT molecular complexity index is 1160. The first kappa shape index (κ1) is 24.7. The molecule has 4 N–H and O–H groups in total. The molecule has 0 aliphatic rings. The van der Waals surface area contributed by atoms with Gasteiger partial charge in [0.1, 0.15) is 18.2 Å². The highest BCUT2D eigenvalue weighted by Gasteiger charge is 2.17. The summed E-state index contributed by atoms with van der Waals surface area (Å²) in [5, 5.41) is 22.4. The number of sulfone groups is 1. The number of benzene rings is 2. The maximum absolute atomic E-state index is 13.3. The first-order valence-electron chi connectivity index (χ1n) is 9.00. The van der Waals surface area contributed by atoms with Gasteiger partial charge in [0.2, 0.25) is 5.91 Å². The lowest BCUT2D eigenvalue weighted by Gasteiger charge is -2.15. The molecule has 0 saturated carbocycles. The van der Waals surface area contributed by atoms with Crippen LogP contribution in [0.25, 0.3) is 6.08 Å². The summed E-state index contributed by atoms with van der Waals surface area (Å²) in [7, 11) is -2.19. The van der Waals surface area contributed by atoms with E-state index in [1.807, 2.05) is 0 Å². The minimum Gasteiger partial charge on any atom is -0.507 e. The maximum atomic E-state index is 13.3. The average molecular weight is 464 g/mol. The predicted molar refractivity (Wildman–Crippen MR) is 113 cm³/mol. The van der Waals surface area contributed by atoms with E-state index in [-0.39, 0.29) is 28.1 Å². The summed E-state index contributed by atoms with van der Waals surface area (Å²) in [6, 6.07) is 9.13. The van der Waals surface area contributed by atoms with E-state index in [0.29, 0.717) is 5.56 Å². The molecule has 0 fully saturated rings. The Morgan fingerprint density at radius 1 is 1.16 bits per heavy atom. The van der Waals surface area contributed by atoms with Crippen molar-refractivity contribution in [1.82, 2.24) is 10.8 Å². The highest BCUT2D eigenvalue weighted by Crippen LogP contribution is 2.22. The van der Waals surface area contributed by atoms with Gasteiger partial charge in [0, 0.05) is 12.3 Å². The largest absolute Gasteiger partial charge is 0.507 e. The van der Waals surface area contributed by atoms with Crippen LogP contribution in [0.15, 0.2) is 65.5 Å². The second-order valence-electron chi connectivity index (χ2n) is 6.54. The van der Waals surface area contributed by atoms with Crippen molar-refractivity contribution in [3.05, 3.63) is 77.3 Å². The molecule has 0 aliphatic heterocycles. The van der Waals surface area contributed by atoms with E-state index in [2.05, 4.69) is 15.6 Å². The zero-order valence-corrected chi connectivity index (χ0v) is 17.9. The summed E-state index contributed by atoms with van der Waals surface area (Å²) < 4.78 is 36.3. The van der Waals surface area contributed by atoms with Crippen LogP contribution in [-0.2, 0) is 19.5 Å². The van der Waals surface area contributed by atoms with Gasteiger partial charge in [-0.05, 0) is 41.5 Å². The molecular weight excluding hydrogens is 443 g/mol. The molecule has 1 atom stereocenters. The number of aliphatic hydroxyl groups is 1. The highest BCUT2D eigenvalue weighted by molar-refractivity contribution is 7.90. The van der Waals surface area contributed by atoms with Crippen LogP contribution in [0.4, 0.5) is 4.39 Å². The quantitative estimate of drug-likeness (QED) is 0.344. The topological polar surface area (TPSA) is 142 Å². The Balaban J connectivity index is 2.08. The summed E-state index contributed by atoms with van der Waals surface area (Å²) in [4.78, 5) is 28.3. The lowest BCUT2D eigenvalue weighted by molar-refractivity contribution is -0.116. The number of rotatable bonds is 8. The second-order valence-corrected chi connectivity index (χ2v) is 8.56. The van der Waals surface area contributed by atoms with Crippen LogP contribution in [-0.4, -0.2) is 43.8 Å². The maximum Gasteiger partial charge on any atom is 0.278 e. The van der Waals surface area contributed by atoms with Gasteiger partial charge in [-0.2, -0.15) is 0 Å². The average Bonchev–Trinajstić information content (AvgIpc) is 2.75. The molecule has 0 aromatic heterocycles. The molecule has 2 aromatic rings. The lowest BCUT2D eigenvalue weighted by atomic mass is 10.1. The van der Waals surface area contributed by atoms with Crippen LogP contribution in [0.3, 0.4) is 0 Å². The zero-order valence-electron chi connectivity index (χ0n) is 17.1. The molecule has 9 nitrogen and oxygen atoms in total. The lowest BCUT2D eigenvalue weighted by Crippen LogP contribution is -2.24. The molecule has 0 spiro atoms. The summed E-state index contributed by atoms with van der Waals surface area (Å²) >= 11 is 0.